The van der Waals surface area contributed by atoms with Gasteiger partial charge in [0.15, 0.2) is 5.82 Å². The topological polar surface area (TPSA) is 83.4 Å². The Morgan fingerprint density at radius 3 is 2.72 bits per heavy atom. The van der Waals surface area contributed by atoms with Crippen LogP contribution in [0.25, 0.3) is 16.8 Å². The summed E-state index contributed by atoms with van der Waals surface area (Å²) in [5, 5.41) is 15.2. The molecule has 2 N–H and O–H groups in total. The Morgan fingerprint density at radius 2 is 1.93 bits per heavy atom. The average molecular weight is 389 g/mol. The molecular weight excluding hydrogens is 366 g/mol. The monoisotopic (exact) mass is 389 g/mol. The van der Waals surface area contributed by atoms with Crippen molar-refractivity contribution in [2.24, 2.45) is 0 Å². The van der Waals surface area contributed by atoms with Gasteiger partial charge in [0.1, 0.15) is 5.52 Å². The molecule has 8 nitrogen and oxygen atoms in total. The largest absolute Gasteiger partial charge is 0.378 e. The molecule has 0 bridgehead atoms. The first-order chi connectivity index (χ1) is 14.3. The number of anilines is 3. The van der Waals surface area contributed by atoms with Gasteiger partial charge < -0.3 is 15.0 Å². The Hall–Kier alpha value is -3.39. The van der Waals surface area contributed by atoms with Crippen LogP contribution in [0.5, 0.6) is 0 Å². The summed E-state index contributed by atoms with van der Waals surface area (Å²) in [6.07, 6.45) is 6.33. The second kappa shape index (κ2) is 7.56. The van der Waals surface area contributed by atoms with E-state index < -0.39 is 0 Å². The number of aromatic amines is 1. The second-order valence-corrected chi connectivity index (χ2v) is 7.01. The minimum Gasteiger partial charge on any atom is -0.378 e. The third-order valence-electron chi connectivity index (χ3n) is 5.28. The van der Waals surface area contributed by atoms with Gasteiger partial charge in [0.05, 0.1) is 37.5 Å². The fourth-order valence-corrected chi connectivity index (χ4v) is 3.72. The van der Waals surface area contributed by atoms with Crippen LogP contribution in [0.4, 0.5) is 17.2 Å². The van der Waals surface area contributed by atoms with Gasteiger partial charge in [-0.15, -0.1) is 0 Å². The van der Waals surface area contributed by atoms with E-state index in [1.807, 2.05) is 23.0 Å². The molecule has 0 atom stereocenters. The van der Waals surface area contributed by atoms with E-state index in [2.05, 4.69) is 61.7 Å². The fourth-order valence-electron chi connectivity index (χ4n) is 3.72. The van der Waals surface area contributed by atoms with Crippen molar-refractivity contribution >= 4 is 22.7 Å². The maximum absolute atomic E-state index is 5.43. The lowest BCUT2D eigenvalue weighted by atomic mass is 10.1. The molecular formula is C21H23N7O. The maximum atomic E-state index is 5.43. The van der Waals surface area contributed by atoms with E-state index in [4.69, 9.17) is 4.74 Å². The molecule has 4 heterocycles. The van der Waals surface area contributed by atoms with E-state index in [0.717, 1.165) is 66.7 Å². The number of H-pyrrole nitrogens is 1. The third kappa shape index (κ3) is 3.31. The second-order valence-electron chi connectivity index (χ2n) is 7.01. The predicted octanol–water partition coefficient (Wildman–Crippen LogP) is 3.26. The quantitative estimate of drug-likeness (QED) is 0.545. The molecule has 0 aliphatic carbocycles. The number of morpholine rings is 1. The normalized spacial score (nSPS) is 14.4. The van der Waals surface area contributed by atoms with Gasteiger partial charge in [-0.2, -0.15) is 10.2 Å². The molecule has 29 heavy (non-hydrogen) atoms. The summed E-state index contributed by atoms with van der Waals surface area (Å²) in [7, 11) is 0. The maximum Gasteiger partial charge on any atom is 0.156 e. The van der Waals surface area contributed by atoms with Crippen molar-refractivity contribution in [2.75, 3.05) is 36.5 Å². The molecule has 1 aromatic carbocycles. The Balaban J connectivity index is 1.43. The van der Waals surface area contributed by atoms with E-state index in [9.17, 15) is 0 Å². The average Bonchev–Trinajstić information content (AvgIpc) is 3.45. The summed E-state index contributed by atoms with van der Waals surface area (Å²) < 4.78 is 7.34. The van der Waals surface area contributed by atoms with Crippen LogP contribution in [0.15, 0.2) is 48.9 Å². The van der Waals surface area contributed by atoms with Crippen LogP contribution >= 0.6 is 0 Å². The number of nitrogens with zero attached hydrogens (tertiary/aromatic N) is 5. The SMILES string of the molecule is CCc1[nH]ncc1-c1cnc(Nc2ccc(N3CCOCC3)cc2)c2ccnn12. The number of hydrogen-bond donors (Lipinski definition) is 2. The Morgan fingerprint density at radius 1 is 1.10 bits per heavy atom. The van der Waals surface area contributed by atoms with Gasteiger partial charge in [0.25, 0.3) is 0 Å². The fraction of sp³-hybridized carbons (Fsp3) is 0.286. The number of rotatable bonds is 5. The van der Waals surface area contributed by atoms with E-state index in [1.165, 1.54) is 5.69 Å². The van der Waals surface area contributed by atoms with Crippen LogP contribution in [0, 0.1) is 0 Å². The highest BCUT2D eigenvalue weighted by Crippen LogP contribution is 2.28. The zero-order chi connectivity index (χ0) is 19.6. The lowest BCUT2D eigenvalue weighted by Crippen LogP contribution is -2.36. The van der Waals surface area contributed by atoms with E-state index >= 15 is 0 Å². The zero-order valence-corrected chi connectivity index (χ0v) is 16.3. The molecule has 148 valence electrons. The number of ether oxygens (including phenoxy) is 1. The molecule has 0 spiro atoms. The number of aryl methyl sites for hydroxylation is 1. The van der Waals surface area contributed by atoms with E-state index in [1.54, 1.807) is 6.20 Å². The summed E-state index contributed by atoms with van der Waals surface area (Å²) >= 11 is 0. The molecule has 1 aliphatic heterocycles. The highest BCUT2D eigenvalue weighted by atomic mass is 16.5. The standard InChI is InChI=1S/C21H23N7O/c1-2-18-17(13-23-26-18)20-14-22-21(19-7-8-24-28(19)20)25-15-3-5-16(6-4-15)27-9-11-29-12-10-27/h3-8,13-14H,2,9-12H2,1H3,(H,22,25)(H,23,26). The van der Waals surface area contributed by atoms with Gasteiger partial charge in [-0.3, -0.25) is 5.10 Å². The zero-order valence-electron chi connectivity index (χ0n) is 16.3. The lowest BCUT2D eigenvalue weighted by Gasteiger charge is -2.28. The Kier molecular flexibility index (Phi) is 4.61. The molecule has 1 aliphatic rings. The summed E-state index contributed by atoms with van der Waals surface area (Å²) in [6, 6.07) is 10.4. The lowest BCUT2D eigenvalue weighted by molar-refractivity contribution is 0.122. The van der Waals surface area contributed by atoms with Gasteiger partial charge in [-0.1, -0.05) is 6.92 Å². The summed E-state index contributed by atoms with van der Waals surface area (Å²) in [4.78, 5) is 7.02. The number of benzene rings is 1. The minimum atomic E-state index is 0.770. The van der Waals surface area contributed by atoms with Crippen LogP contribution in [-0.4, -0.2) is 51.1 Å². The Labute approximate surface area is 168 Å². The van der Waals surface area contributed by atoms with Crippen molar-refractivity contribution in [1.82, 2.24) is 24.8 Å². The van der Waals surface area contributed by atoms with E-state index in [0.29, 0.717) is 0 Å². The van der Waals surface area contributed by atoms with Crippen LogP contribution < -0.4 is 10.2 Å². The first kappa shape index (κ1) is 17.7. The minimum absolute atomic E-state index is 0.770. The van der Waals surface area contributed by atoms with Crippen LogP contribution in [0.2, 0.25) is 0 Å². The number of nitrogens with one attached hydrogen (secondary N) is 2. The van der Waals surface area contributed by atoms with Gasteiger partial charge in [0, 0.05) is 35.7 Å². The first-order valence-corrected chi connectivity index (χ1v) is 9.88. The number of hydrogen-bond acceptors (Lipinski definition) is 6. The van der Waals surface area contributed by atoms with Crippen molar-refractivity contribution in [3.8, 4) is 11.3 Å². The third-order valence-corrected chi connectivity index (χ3v) is 5.28. The van der Waals surface area contributed by atoms with Crippen LogP contribution in [0.1, 0.15) is 12.6 Å². The van der Waals surface area contributed by atoms with E-state index in [-0.39, 0.29) is 0 Å². The van der Waals surface area contributed by atoms with Crippen molar-refractivity contribution in [3.05, 3.63) is 54.6 Å². The summed E-state index contributed by atoms with van der Waals surface area (Å²) in [5.74, 6) is 0.770. The molecule has 0 unspecified atom stereocenters. The van der Waals surface area contributed by atoms with Crippen molar-refractivity contribution in [2.45, 2.75) is 13.3 Å². The molecule has 0 amide bonds. The van der Waals surface area contributed by atoms with Gasteiger partial charge in [-0.25, -0.2) is 9.50 Å². The van der Waals surface area contributed by atoms with Gasteiger partial charge in [-0.05, 0) is 36.8 Å². The number of fused-ring (bicyclic) bond motifs is 1. The smallest absolute Gasteiger partial charge is 0.156 e. The highest BCUT2D eigenvalue weighted by Gasteiger charge is 2.15. The van der Waals surface area contributed by atoms with Crippen LogP contribution in [0.3, 0.4) is 0 Å². The molecule has 3 aromatic heterocycles. The summed E-state index contributed by atoms with van der Waals surface area (Å²) in [6.45, 7) is 5.53. The summed E-state index contributed by atoms with van der Waals surface area (Å²) in [5.41, 5.74) is 6.14. The van der Waals surface area contributed by atoms with Crippen molar-refractivity contribution in [3.63, 3.8) is 0 Å². The van der Waals surface area contributed by atoms with Crippen molar-refractivity contribution < 1.29 is 4.74 Å². The van der Waals surface area contributed by atoms with Gasteiger partial charge in [0.2, 0.25) is 0 Å². The molecule has 4 aromatic rings. The molecule has 1 saturated heterocycles. The van der Waals surface area contributed by atoms with Crippen molar-refractivity contribution in [1.29, 1.82) is 0 Å². The first-order valence-electron chi connectivity index (χ1n) is 9.88. The molecule has 1 fully saturated rings. The predicted molar refractivity (Wildman–Crippen MR) is 113 cm³/mol. The Bertz CT molecular complexity index is 1110. The van der Waals surface area contributed by atoms with Gasteiger partial charge >= 0.3 is 0 Å². The molecule has 8 heteroatoms. The highest BCUT2D eigenvalue weighted by molar-refractivity contribution is 5.77. The molecule has 0 saturated carbocycles. The molecule has 0 radical (unpaired) electrons. The van der Waals surface area contributed by atoms with Crippen LogP contribution in [-0.2, 0) is 11.2 Å². The molecule has 5 rings (SSSR count). The number of aromatic nitrogens is 5.